The first-order valence-electron chi connectivity index (χ1n) is 7.50. The molecule has 0 saturated carbocycles. The molecule has 5 heteroatoms. The Morgan fingerprint density at radius 3 is 2.86 bits per heavy atom. The lowest BCUT2D eigenvalue weighted by molar-refractivity contribution is 0.0695. The number of aryl methyl sites for hydroxylation is 2. The van der Waals surface area contributed by atoms with Gasteiger partial charge in [-0.2, -0.15) is 0 Å². The minimum absolute atomic E-state index is 0.0891. The van der Waals surface area contributed by atoms with Gasteiger partial charge in [-0.1, -0.05) is 0 Å². The molecule has 5 nitrogen and oxygen atoms in total. The summed E-state index contributed by atoms with van der Waals surface area (Å²) in [6, 6.07) is 1.85. The molecule has 3 heterocycles. The van der Waals surface area contributed by atoms with Gasteiger partial charge in [-0.05, 0) is 34.0 Å². The minimum Gasteiger partial charge on any atom is -0.466 e. The highest BCUT2D eigenvalue weighted by Crippen LogP contribution is 2.42. The van der Waals surface area contributed by atoms with Crippen LogP contribution in [0.2, 0.25) is 0 Å². The molecule has 2 saturated heterocycles. The summed E-state index contributed by atoms with van der Waals surface area (Å²) < 4.78 is 11.2. The van der Waals surface area contributed by atoms with E-state index in [4.69, 9.17) is 9.15 Å². The SMILES string of the molecule is Cc1cc(C(=O)N2C[C@H]3COC[C@@]3(CN(C)C)C2)c(C)o1. The highest BCUT2D eigenvalue weighted by atomic mass is 16.5. The molecule has 0 bridgehead atoms. The predicted octanol–water partition coefficient (Wildman–Crippen LogP) is 1.55. The van der Waals surface area contributed by atoms with Crippen molar-refractivity contribution in [2.24, 2.45) is 11.3 Å². The van der Waals surface area contributed by atoms with E-state index in [0.717, 1.165) is 38.6 Å². The summed E-state index contributed by atoms with van der Waals surface area (Å²) in [6.07, 6.45) is 0. The zero-order chi connectivity index (χ0) is 15.2. The molecule has 0 N–H and O–H groups in total. The van der Waals surface area contributed by atoms with Gasteiger partial charge in [-0.3, -0.25) is 4.79 Å². The van der Waals surface area contributed by atoms with E-state index < -0.39 is 0 Å². The summed E-state index contributed by atoms with van der Waals surface area (Å²) >= 11 is 0. The van der Waals surface area contributed by atoms with Crippen LogP contribution in [0.25, 0.3) is 0 Å². The third-order valence-corrected chi connectivity index (χ3v) is 4.71. The highest BCUT2D eigenvalue weighted by molar-refractivity contribution is 5.95. The average molecular weight is 292 g/mol. The maximum absolute atomic E-state index is 12.8. The molecule has 21 heavy (non-hydrogen) atoms. The van der Waals surface area contributed by atoms with Crippen molar-refractivity contribution < 1.29 is 13.9 Å². The molecule has 0 aromatic carbocycles. The third-order valence-electron chi connectivity index (χ3n) is 4.71. The second-order valence-electron chi connectivity index (χ2n) is 6.82. The summed E-state index contributed by atoms with van der Waals surface area (Å²) in [4.78, 5) is 16.9. The fourth-order valence-electron chi connectivity index (χ4n) is 3.85. The third kappa shape index (κ3) is 2.49. The van der Waals surface area contributed by atoms with Gasteiger partial charge in [0.15, 0.2) is 0 Å². The molecule has 0 aliphatic carbocycles. The predicted molar refractivity (Wildman–Crippen MR) is 79.4 cm³/mol. The summed E-state index contributed by atoms with van der Waals surface area (Å²) in [7, 11) is 4.16. The number of nitrogens with zero attached hydrogens (tertiary/aromatic N) is 2. The Labute approximate surface area is 125 Å². The van der Waals surface area contributed by atoms with Crippen molar-refractivity contribution in [1.29, 1.82) is 0 Å². The Hall–Kier alpha value is -1.33. The number of amides is 1. The van der Waals surface area contributed by atoms with Crippen LogP contribution >= 0.6 is 0 Å². The van der Waals surface area contributed by atoms with E-state index >= 15 is 0 Å². The highest BCUT2D eigenvalue weighted by Gasteiger charge is 2.52. The van der Waals surface area contributed by atoms with Crippen LogP contribution in [0.1, 0.15) is 21.9 Å². The Kier molecular flexibility index (Phi) is 3.58. The fraction of sp³-hybridized carbons (Fsp3) is 0.688. The van der Waals surface area contributed by atoms with Crippen molar-refractivity contribution in [3.05, 3.63) is 23.2 Å². The van der Waals surface area contributed by atoms with Crippen LogP contribution in [0, 0.1) is 25.2 Å². The maximum atomic E-state index is 12.8. The first-order valence-corrected chi connectivity index (χ1v) is 7.50. The zero-order valence-electron chi connectivity index (χ0n) is 13.3. The number of likely N-dealkylation sites (tertiary alicyclic amines) is 1. The molecule has 2 atom stereocenters. The lowest BCUT2D eigenvalue weighted by atomic mass is 9.81. The quantitative estimate of drug-likeness (QED) is 0.848. The number of fused-ring (bicyclic) bond motifs is 1. The molecular weight excluding hydrogens is 268 g/mol. The van der Waals surface area contributed by atoms with Gasteiger partial charge in [0.05, 0.1) is 18.8 Å². The van der Waals surface area contributed by atoms with Gasteiger partial charge in [0, 0.05) is 31.0 Å². The van der Waals surface area contributed by atoms with Crippen LogP contribution in [-0.2, 0) is 4.74 Å². The van der Waals surface area contributed by atoms with Crippen molar-refractivity contribution in [2.75, 3.05) is 46.9 Å². The van der Waals surface area contributed by atoms with Gasteiger partial charge < -0.3 is 19.0 Å². The van der Waals surface area contributed by atoms with Gasteiger partial charge in [0.1, 0.15) is 11.5 Å². The topological polar surface area (TPSA) is 45.9 Å². The Balaban J connectivity index is 1.80. The summed E-state index contributed by atoms with van der Waals surface area (Å²) in [5.41, 5.74) is 0.791. The van der Waals surface area contributed by atoms with Gasteiger partial charge in [-0.15, -0.1) is 0 Å². The Morgan fingerprint density at radius 2 is 2.24 bits per heavy atom. The number of hydrogen-bond acceptors (Lipinski definition) is 4. The second kappa shape index (κ2) is 5.14. The zero-order valence-corrected chi connectivity index (χ0v) is 13.3. The number of carbonyl (C=O) groups excluding carboxylic acids is 1. The van der Waals surface area contributed by atoms with Crippen molar-refractivity contribution >= 4 is 5.91 Å². The maximum Gasteiger partial charge on any atom is 0.257 e. The van der Waals surface area contributed by atoms with E-state index in [9.17, 15) is 4.79 Å². The van der Waals surface area contributed by atoms with Crippen molar-refractivity contribution in [2.45, 2.75) is 13.8 Å². The molecule has 0 unspecified atom stereocenters. The lowest BCUT2D eigenvalue weighted by Crippen LogP contribution is -2.41. The van der Waals surface area contributed by atoms with E-state index in [1.54, 1.807) is 0 Å². The smallest absolute Gasteiger partial charge is 0.257 e. The van der Waals surface area contributed by atoms with E-state index in [-0.39, 0.29) is 11.3 Å². The van der Waals surface area contributed by atoms with Gasteiger partial charge in [0.2, 0.25) is 0 Å². The van der Waals surface area contributed by atoms with Crippen LogP contribution < -0.4 is 0 Å². The summed E-state index contributed by atoms with van der Waals surface area (Å²) in [6.45, 7) is 7.78. The van der Waals surface area contributed by atoms with Gasteiger partial charge in [-0.25, -0.2) is 0 Å². The molecular formula is C16H24N2O3. The van der Waals surface area contributed by atoms with Gasteiger partial charge in [0.25, 0.3) is 5.91 Å². The van der Waals surface area contributed by atoms with Crippen molar-refractivity contribution in [1.82, 2.24) is 9.80 Å². The molecule has 1 amide bonds. The molecule has 0 radical (unpaired) electrons. The average Bonchev–Trinajstić information content (AvgIpc) is 2.99. The molecule has 1 aromatic heterocycles. The molecule has 1 aromatic rings. The number of ether oxygens (including phenoxy) is 1. The van der Waals surface area contributed by atoms with Crippen LogP contribution in [0.3, 0.4) is 0 Å². The molecule has 2 aliphatic heterocycles. The standard InChI is InChI=1S/C16H24N2O3/c1-11-5-14(12(2)21-11)15(19)18-6-13-7-20-10-16(13,9-18)8-17(3)4/h5,13H,6-10H2,1-4H3/t13-,16+/m0/s1. The first-order chi connectivity index (χ1) is 9.91. The van der Waals surface area contributed by atoms with E-state index in [1.807, 2.05) is 24.8 Å². The number of furan rings is 1. The molecule has 2 aliphatic rings. The monoisotopic (exact) mass is 292 g/mol. The van der Waals surface area contributed by atoms with Crippen molar-refractivity contribution in [3.8, 4) is 0 Å². The lowest BCUT2D eigenvalue weighted by Gasteiger charge is -2.30. The molecule has 0 spiro atoms. The first kappa shape index (κ1) is 14.6. The second-order valence-corrected chi connectivity index (χ2v) is 6.82. The Morgan fingerprint density at radius 1 is 1.48 bits per heavy atom. The van der Waals surface area contributed by atoms with Crippen LogP contribution in [0.4, 0.5) is 0 Å². The van der Waals surface area contributed by atoms with Crippen LogP contribution in [0.15, 0.2) is 10.5 Å². The van der Waals surface area contributed by atoms with Gasteiger partial charge >= 0.3 is 0 Å². The molecule has 3 rings (SSSR count). The Bertz CT molecular complexity index is 552. The summed E-state index contributed by atoms with van der Waals surface area (Å²) in [5.74, 6) is 2.04. The largest absolute Gasteiger partial charge is 0.466 e. The number of hydrogen-bond donors (Lipinski definition) is 0. The minimum atomic E-state index is 0.0891. The van der Waals surface area contributed by atoms with E-state index in [1.165, 1.54) is 0 Å². The molecule has 2 fully saturated rings. The van der Waals surface area contributed by atoms with Crippen LogP contribution in [-0.4, -0.2) is 62.7 Å². The number of rotatable bonds is 3. The van der Waals surface area contributed by atoms with E-state index in [0.29, 0.717) is 17.2 Å². The van der Waals surface area contributed by atoms with Crippen molar-refractivity contribution in [3.63, 3.8) is 0 Å². The summed E-state index contributed by atoms with van der Waals surface area (Å²) in [5, 5.41) is 0. The normalized spacial score (nSPS) is 28.4. The van der Waals surface area contributed by atoms with E-state index in [2.05, 4.69) is 19.0 Å². The van der Waals surface area contributed by atoms with Crippen LogP contribution in [0.5, 0.6) is 0 Å². The number of carbonyl (C=O) groups is 1. The fourth-order valence-corrected chi connectivity index (χ4v) is 3.85. The molecule has 116 valence electrons.